The molecule has 1 aromatic heterocycles. The highest BCUT2D eigenvalue weighted by Gasteiger charge is 2.20. The van der Waals surface area contributed by atoms with Crippen LogP contribution in [0, 0.1) is 5.92 Å². The average Bonchev–Trinajstić information content (AvgIpc) is 2.61. The summed E-state index contributed by atoms with van der Waals surface area (Å²) in [5.74, 6) is 0.654. The summed E-state index contributed by atoms with van der Waals surface area (Å²) in [6, 6.07) is 0. The Labute approximate surface area is 109 Å². The molecule has 1 heterocycles. The number of sulfonamides is 1. The van der Waals surface area contributed by atoms with E-state index in [4.69, 9.17) is 5.73 Å². The van der Waals surface area contributed by atoms with Gasteiger partial charge in [-0.3, -0.25) is 0 Å². The molecule has 7 heteroatoms. The second-order valence-electron chi connectivity index (χ2n) is 4.70. The van der Waals surface area contributed by atoms with Gasteiger partial charge in [-0.1, -0.05) is 20.8 Å². The summed E-state index contributed by atoms with van der Waals surface area (Å²) >= 11 is 0. The van der Waals surface area contributed by atoms with Crippen LogP contribution in [-0.4, -0.2) is 24.7 Å². The predicted octanol–water partition coefficient (Wildman–Crippen LogP) is 1.20. The van der Waals surface area contributed by atoms with E-state index >= 15 is 0 Å². The Balaban J connectivity index is 2.79. The molecule has 0 spiro atoms. The lowest BCUT2D eigenvalue weighted by molar-refractivity contribution is 0.551. The second kappa shape index (κ2) is 6.19. The number of nitrogens with two attached hydrogens (primary N) is 1. The van der Waals surface area contributed by atoms with Gasteiger partial charge in [-0.05, 0) is 18.8 Å². The molecule has 0 atom stereocenters. The minimum atomic E-state index is -3.54. The fourth-order valence-corrected chi connectivity index (χ4v) is 2.64. The van der Waals surface area contributed by atoms with Crippen LogP contribution in [0.15, 0.2) is 11.1 Å². The first-order chi connectivity index (χ1) is 8.38. The maximum Gasteiger partial charge on any atom is 0.245 e. The Hall–Kier alpha value is -1.08. The summed E-state index contributed by atoms with van der Waals surface area (Å²) in [6.07, 6.45) is 2.96. The van der Waals surface area contributed by atoms with Gasteiger partial charge in [-0.2, -0.15) is 5.10 Å². The van der Waals surface area contributed by atoms with Gasteiger partial charge in [-0.15, -0.1) is 0 Å². The molecule has 0 aliphatic heterocycles. The van der Waals surface area contributed by atoms with Crippen molar-refractivity contribution in [2.45, 2.75) is 45.1 Å². The van der Waals surface area contributed by atoms with E-state index in [0.717, 1.165) is 12.8 Å². The SMILES string of the molecule is CCCn1ncc(S(=O)(=O)NCCC(C)C)c1N. The minimum Gasteiger partial charge on any atom is -0.383 e. The molecule has 3 N–H and O–H groups in total. The Morgan fingerprint density at radius 2 is 2.17 bits per heavy atom. The minimum absolute atomic E-state index is 0.0692. The van der Waals surface area contributed by atoms with E-state index in [1.165, 1.54) is 10.9 Å². The molecule has 0 fully saturated rings. The summed E-state index contributed by atoms with van der Waals surface area (Å²) < 4.78 is 28.1. The molecule has 0 aliphatic rings. The van der Waals surface area contributed by atoms with Gasteiger partial charge in [-0.25, -0.2) is 17.8 Å². The highest BCUT2D eigenvalue weighted by molar-refractivity contribution is 7.89. The Morgan fingerprint density at radius 1 is 1.50 bits per heavy atom. The van der Waals surface area contributed by atoms with Gasteiger partial charge in [0.15, 0.2) is 0 Å². The highest BCUT2D eigenvalue weighted by atomic mass is 32.2. The number of aromatic nitrogens is 2. The number of hydrogen-bond acceptors (Lipinski definition) is 4. The van der Waals surface area contributed by atoms with Crippen molar-refractivity contribution in [3.8, 4) is 0 Å². The molecule has 18 heavy (non-hydrogen) atoms. The maximum atomic E-state index is 12.0. The van der Waals surface area contributed by atoms with Gasteiger partial charge in [0, 0.05) is 13.1 Å². The Bertz CT molecular complexity index is 479. The van der Waals surface area contributed by atoms with Crippen LogP contribution < -0.4 is 10.5 Å². The van der Waals surface area contributed by atoms with Crippen LogP contribution >= 0.6 is 0 Å². The van der Waals surface area contributed by atoms with Gasteiger partial charge in [0.1, 0.15) is 10.7 Å². The lowest BCUT2D eigenvalue weighted by atomic mass is 10.1. The van der Waals surface area contributed by atoms with Gasteiger partial charge >= 0.3 is 0 Å². The first-order valence-electron chi connectivity index (χ1n) is 6.19. The summed E-state index contributed by atoms with van der Waals surface area (Å²) in [7, 11) is -3.54. The van der Waals surface area contributed by atoms with Gasteiger partial charge in [0.05, 0.1) is 6.20 Å². The van der Waals surface area contributed by atoms with E-state index in [1.54, 1.807) is 0 Å². The fraction of sp³-hybridized carbons (Fsp3) is 0.727. The van der Waals surface area contributed by atoms with Crippen LogP contribution in [0.25, 0.3) is 0 Å². The molecule has 0 radical (unpaired) electrons. The zero-order valence-electron chi connectivity index (χ0n) is 11.2. The van der Waals surface area contributed by atoms with E-state index in [9.17, 15) is 8.42 Å². The topological polar surface area (TPSA) is 90.0 Å². The van der Waals surface area contributed by atoms with Crippen molar-refractivity contribution in [2.75, 3.05) is 12.3 Å². The number of nitrogens with zero attached hydrogens (tertiary/aromatic N) is 2. The quantitative estimate of drug-likeness (QED) is 0.781. The lowest BCUT2D eigenvalue weighted by Crippen LogP contribution is -2.26. The number of aryl methyl sites for hydroxylation is 1. The molecule has 0 aliphatic carbocycles. The van der Waals surface area contributed by atoms with Crippen LogP contribution in [0.2, 0.25) is 0 Å². The molecule has 1 aromatic rings. The first kappa shape index (κ1) is 15.0. The zero-order chi connectivity index (χ0) is 13.8. The van der Waals surface area contributed by atoms with E-state index in [1.807, 2.05) is 20.8 Å². The van der Waals surface area contributed by atoms with Crippen molar-refractivity contribution in [1.82, 2.24) is 14.5 Å². The Morgan fingerprint density at radius 3 is 2.72 bits per heavy atom. The van der Waals surface area contributed by atoms with Gasteiger partial charge in [0.25, 0.3) is 0 Å². The third-order valence-electron chi connectivity index (χ3n) is 2.58. The molecule has 0 saturated carbocycles. The second-order valence-corrected chi connectivity index (χ2v) is 6.43. The molecule has 0 aromatic carbocycles. The molecule has 6 nitrogen and oxygen atoms in total. The normalized spacial score (nSPS) is 12.2. The average molecular weight is 274 g/mol. The lowest BCUT2D eigenvalue weighted by Gasteiger charge is -2.08. The first-order valence-corrected chi connectivity index (χ1v) is 7.67. The van der Waals surface area contributed by atoms with Gasteiger partial charge in [0.2, 0.25) is 10.0 Å². The largest absolute Gasteiger partial charge is 0.383 e. The van der Waals surface area contributed by atoms with Crippen LogP contribution in [-0.2, 0) is 16.6 Å². The molecule has 0 saturated heterocycles. The maximum absolute atomic E-state index is 12.0. The van der Waals surface area contributed by atoms with Crippen LogP contribution in [0.3, 0.4) is 0 Å². The standard InChI is InChI=1S/C11H22N4O2S/c1-4-7-15-11(12)10(8-13-15)18(16,17)14-6-5-9(2)3/h8-9,14H,4-7,12H2,1-3H3. The number of nitrogens with one attached hydrogen (secondary N) is 1. The summed E-state index contributed by atoms with van der Waals surface area (Å²) in [5.41, 5.74) is 5.79. The fourth-order valence-electron chi connectivity index (χ4n) is 1.53. The molecular formula is C11H22N4O2S. The van der Waals surface area contributed by atoms with Crippen LogP contribution in [0.1, 0.15) is 33.6 Å². The number of rotatable bonds is 7. The molecule has 1 rings (SSSR count). The van der Waals surface area contributed by atoms with E-state index in [2.05, 4.69) is 9.82 Å². The van der Waals surface area contributed by atoms with Crippen molar-refractivity contribution in [2.24, 2.45) is 5.92 Å². The van der Waals surface area contributed by atoms with Crippen LogP contribution in [0.4, 0.5) is 5.82 Å². The van der Waals surface area contributed by atoms with Crippen LogP contribution in [0.5, 0.6) is 0 Å². The number of nitrogen functional groups attached to an aromatic ring is 1. The predicted molar refractivity (Wildman–Crippen MR) is 71.6 cm³/mol. The molecule has 0 unspecified atom stereocenters. The van der Waals surface area contributed by atoms with Crippen molar-refractivity contribution < 1.29 is 8.42 Å². The highest BCUT2D eigenvalue weighted by Crippen LogP contribution is 2.17. The van der Waals surface area contributed by atoms with E-state index in [-0.39, 0.29) is 10.7 Å². The third kappa shape index (κ3) is 3.71. The van der Waals surface area contributed by atoms with E-state index in [0.29, 0.717) is 19.0 Å². The number of anilines is 1. The van der Waals surface area contributed by atoms with Crippen molar-refractivity contribution in [1.29, 1.82) is 0 Å². The third-order valence-corrected chi connectivity index (χ3v) is 4.06. The Kier molecular flexibility index (Phi) is 5.15. The smallest absolute Gasteiger partial charge is 0.245 e. The molecule has 0 bridgehead atoms. The monoisotopic (exact) mass is 274 g/mol. The van der Waals surface area contributed by atoms with E-state index < -0.39 is 10.0 Å². The summed E-state index contributed by atoms with van der Waals surface area (Å²) in [6.45, 7) is 7.10. The summed E-state index contributed by atoms with van der Waals surface area (Å²) in [4.78, 5) is 0.0692. The molecular weight excluding hydrogens is 252 g/mol. The van der Waals surface area contributed by atoms with Crippen molar-refractivity contribution in [3.05, 3.63) is 6.20 Å². The van der Waals surface area contributed by atoms with Crippen molar-refractivity contribution in [3.63, 3.8) is 0 Å². The molecule has 0 amide bonds. The van der Waals surface area contributed by atoms with Crippen molar-refractivity contribution >= 4 is 15.8 Å². The number of hydrogen-bond donors (Lipinski definition) is 2. The van der Waals surface area contributed by atoms with Gasteiger partial charge < -0.3 is 5.73 Å². The molecule has 104 valence electrons. The zero-order valence-corrected chi connectivity index (χ0v) is 12.0. The summed E-state index contributed by atoms with van der Waals surface area (Å²) in [5, 5.41) is 3.99.